The number of hydrogen-bond donors (Lipinski definition) is 2. The summed E-state index contributed by atoms with van der Waals surface area (Å²) in [6, 6.07) is 7.94. The molecule has 1 amide bonds. The van der Waals surface area contributed by atoms with Crippen LogP contribution in [0.4, 0.5) is 5.69 Å². The van der Waals surface area contributed by atoms with Crippen LogP contribution >= 0.6 is 11.8 Å². The van der Waals surface area contributed by atoms with Crippen LogP contribution in [0.15, 0.2) is 34.5 Å². The molecule has 1 unspecified atom stereocenters. The van der Waals surface area contributed by atoms with E-state index in [0.717, 1.165) is 49.3 Å². The van der Waals surface area contributed by atoms with Gasteiger partial charge in [0.15, 0.2) is 5.17 Å². The van der Waals surface area contributed by atoms with Crippen molar-refractivity contribution in [3.8, 4) is 0 Å². The molecule has 9 heteroatoms. The SMILES string of the molecule is O=C(O)CC1SC(=NN=Cc2ccc(N3CCOCC3)cc2)NC1=O. The lowest BCUT2D eigenvalue weighted by Crippen LogP contribution is -2.36. The lowest BCUT2D eigenvalue weighted by molar-refractivity contribution is -0.138. The van der Waals surface area contributed by atoms with E-state index in [1.807, 2.05) is 24.3 Å². The van der Waals surface area contributed by atoms with Crippen LogP contribution in [0, 0.1) is 0 Å². The first kappa shape index (κ1) is 17.4. The van der Waals surface area contributed by atoms with E-state index in [0.29, 0.717) is 5.17 Å². The maximum Gasteiger partial charge on any atom is 0.305 e. The molecule has 0 spiro atoms. The molecule has 0 saturated carbocycles. The topological polar surface area (TPSA) is 104 Å². The zero-order valence-corrected chi connectivity index (χ0v) is 14.2. The molecule has 0 bridgehead atoms. The molecule has 0 aliphatic carbocycles. The highest BCUT2D eigenvalue weighted by Crippen LogP contribution is 2.22. The number of amides is 1. The lowest BCUT2D eigenvalue weighted by Gasteiger charge is -2.28. The maximum absolute atomic E-state index is 11.6. The van der Waals surface area contributed by atoms with Crippen molar-refractivity contribution in [2.75, 3.05) is 31.2 Å². The Morgan fingerprint density at radius 1 is 1.36 bits per heavy atom. The highest BCUT2D eigenvalue weighted by atomic mass is 32.2. The number of nitrogens with zero attached hydrogens (tertiary/aromatic N) is 3. The molecule has 2 fully saturated rings. The molecule has 1 aromatic carbocycles. The molecule has 2 saturated heterocycles. The van der Waals surface area contributed by atoms with Crippen LogP contribution in [-0.2, 0) is 14.3 Å². The number of anilines is 1. The summed E-state index contributed by atoms with van der Waals surface area (Å²) in [5.41, 5.74) is 2.03. The third-order valence-electron chi connectivity index (χ3n) is 3.76. The predicted octanol–water partition coefficient (Wildman–Crippen LogP) is 0.919. The van der Waals surface area contributed by atoms with Gasteiger partial charge in [-0.25, -0.2) is 0 Å². The second kappa shape index (κ2) is 8.13. The Morgan fingerprint density at radius 3 is 2.76 bits per heavy atom. The standard InChI is InChI=1S/C16H18N4O4S/c21-14(22)9-13-15(23)18-16(25-13)19-17-10-11-1-3-12(4-2-11)20-5-7-24-8-6-20/h1-4,10,13H,5-9H2,(H,21,22)(H,18,19,23). The largest absolute Gasteiger partial charge is 0.481 e. The van der Waals surface area contributed by atoms with Gasteiger partial charge in [0.05, 0.1) is 25.8 Å². The second-order valence-corrected chi connectivity index (χ2v) is 6.73. The fourth-order valence-electron chi connectivity index (χ4n) is 2.49. The molecule has 1 aromatic rings. The van der Waals surface area contributed by atoms with Gasteiger partial charge in [0.1, 0.15) is 5.25 Å². The lowest BCUT2D eigenvalue weighted by atomic mass is 10.2. The molecule has 3 rings (SSSR count). The van der Waals surface area contributed by atoms with Crippen molar-refractivity contribution in [2.45, 2.75) is 11.7 Å². The van der Waals surface area contributed by atoms with E-state index in [1.54, 1.807) is 6.21 Å². The molecule has 2 N–H and O–H groups in total. The van der Waals surface area contributed by atoms with Gasteiger partial charge in [0.25, 0.3) is 0 Å². The van der Waals surface area contributed by atoms with Crippen LogP contribution in [-0.4, -0.2) is 59.9 Å². The first-order valence-electron chi connectivity index (χ1n) is 7.85. The summed E-state index contributed by atoms with van der Waals surface area (Å²) >= 11 is 1.08. The number of carbonyl (C=O) groups is 2. The average molecular weight is 362 g/mol. The third kappa shape index (κ3) is 4.80. The van der Waals surface area contributed by atoms with E-state index in [1.165, 1.54) is 0 Å². The number of carboxylic acid groups (broad SMARTS) is 1. The number of rotatable bonds is 5. The van der Waals surface area contributed by atoms with E-state index >= 15 is 0 Å². The molecular formula is C16H18N4O4S. The van der Waals surface area contributed by atoms with Crippen LogP contribution in [0.1, 0.15) is 12.0 Å². The number of nitrogens with one attached hydrogen (secondary N) is 1. The average Bonchev–Trinajstić information content (AvgIpc) is 2.95. The normalized spacial score (nSPS) is 22.6. The first-order chi connectivity index (χ1) is 12.1. The van der Waals surface area contributed by atoms with Gasteiger partial charge in [-0.2, -0.15) is 5.10 Å². The molecule has 2 aliphatic heterocycles. The van der Waals surface area contributed by atoms with Crippen LogP contribution in [0.2, 0.25) is 0 Å². The monoisotopic (exact) mass is 362 g/mol. The second-order valence-electron chi connectivity index (χ2n) is 5.53. The van der Waals surface area contributed by atoms with Crippen LogP contribution in [0.25, 0.3) is 0 Å². The molecule has 2 aliphatic rings. The molecular weight excluding hydrogens is 344 g/mol. The summed E-state index contributed by atoms with van der Waals surface area (Å²) in [5, 5.41) is 18.8. The summed E-state index contributed by atoms with van der Waals surface area (Å²) in [4.78, 5) is 24.5. The van der Waals surface area contributed by atoms with Gasteiger partial charge in [0, 0.05) is 18.8 Å². The molecule has 25 heavy (non-hydrogen) atoms. The van der Waals surface area contributed by atoms with E-state index in [4.69, 9.17) is 9.84 Å². The number of hydrogen-bond acceptors (Lipinski definition) is 7. The molecule has 8 nitrogen and oxygen atoms in total. The fraction of sp³-hybridized carbons (Fsp3) is 0.375. The first-order valence-corrected chi connectivity index (χ1v) is 8.73. The number of ether oxygens (including phenoxy) is 1. The molecule has 2 heterocycles. The van der Waals surface area contributed by atoms with Crippen molar-refractivity contribution >= 4 is 40.7 Å². The van der Waals surface area contributed by atoms with Gasteiger partial charge in [-0.3, -0.25) is 9.59 Å². The highest BCUT2D eigenvalue weighted by Gasteiger charge is 2.32. The van der Waals surface area contributed by atoms with E-state index < -0.39 is 11.2 Å². The summed E-state index contributed by atoms with van der Waals surface area (Å²) in [6.45, 7) is 3.25. The van der Waals surface area contributed by atoms with Crippen molar-refractivity contribution < 1.29 is 19.4 Å². The van der Waals surface area contributed by atoms with Crippen molar-refractivity contribution in [1.29, 1.82) is 0 Å². The third-order valence-corrected chi connectivity index (χ3v) is 4.83. The van der Waals surface area contributed by atoms with Crippen LogP contribution in [0.5, 0.6) is 0 Å². The van der Waals surface area contributed by atoms with Crippen molar-refractivity contribution in [1.82, 2.24) is 5.32 Å². The number of carbonyl (C=O) groups excluding carboxylic acids is 1. The molecule has 1 atom stereocenters. The number of morpholine rings is 1. The Hall–Kier alpha value is -2.39. The van der Waals surface area contributed by atoms with Gasteiger partial charge < -0.3 is 20.1 Å². The predicted molar refractivity (Wildman–Crippen MR) is 96.3 cm³/mol. The van der Waals surface area contributed by atoms with Crippen LogP contribution < -0.4 is 10.2 Å². The van der Waals surface area contributed by atoms with Gasteiger partial charge in [-0.1, -0.05) is 23.9 Å². The van der Waals surface area contributed by atoms with E-state index in [2.05, 4.69) is 20.4 Å². The van der Waals surface area contributed by atoms with E-state index in [9.17, 15) is 9.59 Å². The minimum absolute atomic E-state index is 0.234. The van der Waals surface area contributed by atoms with Crippen molar-refractivity contribution in [3.05, 3.63) is 29.8 Å². The van der Waals surface area contributed by atoms with Gasteiger partial charge in [0.2, 0.25) is 5.91 Å². The number of benzene rings is 1. The van der Waals surface area contributed by atoms with Gasteiger partial charge in [-0.15, -0.1) is 5.10 Å². The summed E-state index contributed by atoms with van der Waals surface area (Å²) in [6.07, 6.45) is 1.36. The molecule has 0 radical (unpaired) electrons. The Labute approximate surface area is 148 Å². The zero-order valence-electron chi connectivity index (χ0n) is 13.4. The number of carboxylic acids is 1. The van der Waals surface area contributed by atoms with E-state index in [-0.39, 0.29) is 12.3 Å². The minimum atomic E-state index is -1.02. The fourth-order valence-corrected chi connectivity index (χ4v) is 3.40. The Balaban J connectivity index is 1.57. The number of amidine groups is 1. The summed E-state index contributed by atoms with van der Waals surface area (Å²) in [5.74, 6) is -1.37. The molecule has 0 aromatic heterocycles. The zero-order chi connectivity index (χ0) is 17.6. The highest BCUT2D eigenvalue weighted by molar-refractivity contribution is 8.15. The Morgan fingerprint density at radius 2 is 2.08 bits per heavy atom. The summed E-state index contributed by atoms with van der Waals surface area (Å²) < 4.78 is 5.34. The molecule has 132 valence electrons. The minimum Gasteiger partial charge on any atom is -0.481 e. The van der Waals surface area contributed by atoms with Crippen molar-refractivity contribution in [3.63, 3.8) is 0 Å². The smallest absolute Gasteiger partial charge is 0.305 e. The Kier molecular flexibility index (Phi) is 5.67. The quantitative estimate of drug-likeness (QED) is 0.596. The number of aliphatic carboxylic acids is 1. The Bertz CT molecular complexity index is 699. The van der Waals surface area contributed by atoms with Gasteiger partial charge in [-0.05, 0) is 17.7 Å². The summed E-state index contributed by atoms with van der Waals surface area (Å²) in [7, 11) is 0. The van der Waals surface area contributed by atoms with Crippen molar-refractivity contribution in [2.24, 2.45) is 10.2 Å². The number of thioether (sulfide) groups is 1. The van der Waals surface area contributed by atoms with Crippen LogP contribution in [0.3, 0.4) is 0 Å². The van der Waals surface area contributed by atoms with Gasteiger partial charge >= 0.3 is 5.97 Å². The maximum atomic E-state index is 11.6.